The summed E-state index contributed by atoms with van der Waals surface area (Å²) in [5.74, 6) is -4.18. The molecule has 2 saturated carbocycles. The average Bonchev–Trinajstić information content (AvgIpc) is 2.84. The van der Waals surface area contributed by atoms with Gasteiger partial charge >= 0.3 is 0 Å². The number of hydrogen-bond donors (Lipinski definition) is 2. The fraction of sp³-hybridized carbons (Fsp3) is 0.435. The second kappa shape index (κ2) is 7.93. The number of fused-ring (bicyclic) bond motifs is 2. The van der Waals surface area contributed by atoms with Gasteiger partial charge in [-0.2, -0.15) is 0 Å². The molecule has 160 valence electrons. The van der Waals surface area contributed by atoms with Gasteiger partial charge in [-0.15, -0.1) is 11.8 Å². The molecule has 0 aromatic heterocycles. The topological polar surface area (TPSA) is 49.3 Å². The fourth-order valence-corrected chi connectivity index (χ4v) is 6.20. The first-order valence-corrected chi connectivity index (χ1v) is 11.0. The zero-order valence-electron chi connectivity index (χ0n) is 16.8. The van der Waals surface area contributed by atoms with Gasteiger partial charge in [0.15, 0.2) is 17.5 Å². The van der Waals surface area contributed by atoms with E-state index in [4.69, 9.17) is 0 Å². The van der Waals surface area contributed by atoms with Crippen LogP contribution in [0.5, 0.6) is 0 Å². The van der Waals surface area contributed by atoms with Crippen molar-refractivity contribution in [2.45, 2.75) is 55.3 Å². The fourth-order valence-electron chi connectivity index (χ4n) is 4.74. The number of halogens is 3. The predicted molar refractivity (Wildman–Crippen MR) is 111 cm³/mol. The van der Waals surface area contributed by atoms with Gasteiger partial charge in [-0.05, 0) is 69.1 Å². The summed E-state index contributed by atoms with van der Waals surface area (Å²) in [6.07, 6.45) is 4.00. The van der Waals surface area contributed by atoms with Gasteiger partial charge in [0.25, 0.3) is 5.91 Å². The SMILES string of the molecule is Cc1ccc(C(=O)Nc2cc(F)c(F)c(F)c2)cc1SC1CC2CC[C@@H](C1)C2(C)O. The minimum Gasteiger partial charge on any atom is -0.390 e. The van der Waals surface area contributed by atoms with Gasteiger partial charge in [-0.25, -0.2) is 13.2 Å². The van der Waals surface area contributed by atoms with Crippen LogP contribution in [0.15, 0.2) is 35.2 Å². The Kier molecular flexibility index (Phi) is 5.62. The molecular weight excluding hydrogens is 411 g/mol. The van der Waals surface area contributed by atoms with Crippen LogP contribution >= 0.6 is 11.8 Å². The summed E-state index contributed by atoms with van der Waals surface area (Å²) in [5, 5.41) is 13.5. The van der Waals surface area contributed by atoms with Crippen LogP contribution in [0.25, 0.3) is 0 Å². The first kappa shape index (κ1) is 21.2. The normalized spacial score (nSPS) is 27.9. The van der Waals surface area contributed by atoms with Gasteiger partial charge in [0.1, 0.15) is 0 Å². The number of thioether (sulfide) groups is 1. The van der Waals surface area contributed by atoms with Gasteiger partial charge < -0.3 is 10.4 Å². The predicted octanol–water partition coefficient (Wildman–Crippen LogP) is 5.70. The standard InChI is InChI=1S/C23H24F3NO2S/c1-12-3-4-13(22(28)27-16-10-18(24)21(26)19(25)11-16)7-20(12)30-17-8-14-5-6-15(9-17)23(14,2)29/h3-4,7,10-11,14-15,17,29H,5-6,8-9H2,1-2H3,(H,27,28)/t14-,15?,17?,23?/m0/s1. The molecule has 0 saturated heterocycles. The lowest BCUT2D eigenvalue weighted by molar-refractivity contribution is -0.0407. The summed E-state index contributed by atoms with van der Waals surface area (Å²) in [6, 6.07) is 6.78. The van der Waals surface area contributed by atoms with Crippen molar-refractivity contribution in [3.05, 3.63) is 58.9 Å². The lowest BCUT2D eigenvalue weighted by atomic mass is 9.76. The van der Waals surface area contributed by atoms with Crippen molar-refractivity contribution in [1.82, 2.24) is 0 Å². The zero-order chi connectivity index (χ0) is 21.6. The first-order chi connectivity index (χ1) is 14.1. The molecule has 1 amide bonds. The molecular formula is C23H24F3NO2S. The van der Waals surface area contributed by atoms with E-state index in [-0.39, 0.29) is 5.69 Å². The molecule has 2 N–H and O–H groups in total. The van der Waals surface area contributed by atoms with Gasteiger partial charge in [0, 0.05) is 33.5 Å². The van der Waals surface area contributed by atoms with Crippen LogP contribution in [0, 0.1) is 36.2 Å². The minimum atomic E-state index is -1.57. The highest BCUT2D eigenvalue weighted by Gasteiger charge is 2.50. The molecule has 7 heteroatoms. The molecule has 4 rings (SSSR count). The van der Waals surface area contributed by atoms with Crippen LogP contribution in [0.4, 0.5) is 18.9 Å². The Balaban J connectivity index is 1.49. The van der Waals surface area contributed by atoms with Crippen molar-refractivity contribution in [2.24, 2.45) is 11.8 Å². The highest BCUT2D eigenvalue weighted by Crippen LogP contribution is 2.53. The molecule has 2 fully saturated rings. The maximum atomic E-state index is 13.4. The minimum absolute atomic E-state index is 0.141. The molecule has 30 heavy (non-hydrogen) atoms. The van der Waals surface area contributed by atoms with E-state index in [0.717, 1.165) is 48.3 Å². The van der Waals surface area contributed by atoms with Crippen LogP contribution in [0.2, 0.25) is 0 Å². The summed E-state index contributed by atoms with van der Waals surface area (Å²) in [6.45, 7) is 3.93. The molecule has 2 bridgehead atoms. The molecule has 0 spiro atoms. The third kappa shape index (κ3) is 3.97. The molecule has 2 aliphatic carbocycles. The maximum Gasteiger partial charge on any atom is 0.255 e. The summed E-state index contributed by atoms with van der Waals surface area (Å²) >= 11 is 1.72. The number of aliphatic hydroxyl groups is 1. The molecule has 3 nitrogen and oxygen atoms in total. The van der Waals surface area contributed by atoms with E-state index in [1.807, 2.05) is 19.9 Å². The second-order valence-corrected chi connectivity index (χ2v) is 9.94. The van der Waals surface area contributed by atoms with Crippen LogP contribution in [0.1, 0.15) is 48.5 Å². The second-order valence-electron chi connectivity index (χ2n) is 8.60. The maximum absolute atomic E-state index is 13.4. The molecule has 2 aromatic rings. The number of carbonyl (C=O) groups excluding carboxylic acids is 1. The number of rotatable bonds is 4. The van der Waals surface area contributed by atoms with E-state index in [2.05, 4.69) is 5.32 Å². The van der Waals surface area contributed by atoms with Crippen LogP contribution in [-0.4, -0.2) is 21.9 Å². The van der Waals surface area contributed by atoms with Crippen molar-refractivity contribution in [3.8, 4) is 0 Å². The van der Waals surface area contributed by atoms with Crippen LogP contribution in [-0.2, 0) is 0 Å². The van der Waals surface area contributed by atoms with E-state index < -0.39 is 29.0 Å². The summed E-state index contributed by atoms with van der Waals surface area (Å²) < 4.78 is 39.9. The van der Waals surface area contributed by atoms with Crippen LogP contribution < -0.4 is 5.32 Å². The molecule has 2 aromatic carbocycles. The Morgan fingerprint density at radius 3 is 2.30 bits per heavy atom. The number of nitrogens with one attached hydrogen (secondary N) is 1. The molecule has 0 heterocycles. The van der Waals surface area contributed by atoms with Gasteiger partial charge in [-0.1, -0.05) is 6.07 Å². The lowest BCUT2D eigenvalue weighted by Crippen LogP contribution is -2.42. The van der Waals surface area contributed by atoms with Gasteiger partial charge in [0.05, 0.1) is 5.60 Å². The van der Waals surface area contributed by atoms with E-state index in [1.165, 1.54) is 0 Å². The van der Waals surface area contributed by atoms with Crippen molar-refractivity contribution in [1.29, 1.82) is 0 Å². The van der Waals surface area contributed by atoms with E-state index in [0.29, 0.717) is 22.6 Å². The Bertz CT molecular complexity index is 955. The van der Waals surface area contributed by atoms with Crippen molar-refractivity contribution < 1.29 is 23.1 Å². The Hall–Kier alpha value is -1.99. The Labute approximate surface area is 178 Å². The summed E-state index contributed by atoms with van der Waals surface area (Å²) in [7, 11) is 0. The number of benzene rings is 2. The number of amides is 1. The lowest BCUT2D eigenvalue weighted by Gasteiger charge is -2.40. The highest BCUT2D eigenvalue weighted by atomic mass is 32.2. The third-order valence-electron chi connectivity index (χ3n) is 6.60. The largest absolute Gasteiger partial charge is 0.390 e. The number of hydrogen-bond acceptors (Lipinski definition) is 3. The Morgan fingerprint density at radius 2 is 1.70 bits per heavy atom. The molecule has 0 radical (unpaired) electrons. The quantitative estimate of drug-likeness (QED) is 0.606. The van der Waals surface area contributed by atoms with Crippen LogP contribution in [0.3, 0.4) is 0 Å². The molecule has 4 atom stereocenters. The highest BCUT2D eigenvalue weighted by molar-refractivity contribution is 8.00. The summed E-state index contributed by atoms with van der Waals surface area (Å²) in [4.78, 5) is 13.6. The molecule has 0 aliphatic heterocycles. The summed E-state index contributed by atoms with van der Waals surface area (Å²) in [5.41, 5.74) is 0.685. The monoisotopic (exact) mass is 435 g/mol. The van der Waals surface area contributed by atoms with Crippen molar-refractivity contribution in [2.75, 3.05) is 5.32 Å². The molecule has 2 aliphatic rings. The zero-order valence-corrected chi connectivity index (χ0v) is 17.7. The Morgan fingerprint density at radius 1 is 1.10 bits per heavy atom. The number of carbonyl (C=O) groups is 1. The van der Waals surface area contributed by atoms with Gasteiger partial charge in [0.2, 0.25) is 0 Å². The van der Waals surface area contributed by atoms with E-state index >= 15 is 0 Å². The number of aryl methyl sites for hydroxylation is 1. The molecule has 3 unspecified atom stereocenters. The van der Waals surface area contributed by atoms with Gasteiger partial charge in [-0.3, -0.25) is 4.79 Å². The van der Waals surface area contributed by atoms with Crippen molar-refractivity contribution >= 4 is 23.4 Å². The van der Waals surface area contributed by atoms with E-state index in [1.54, 1.807) is 23.9 Å². The smallest absolute Gasteiger partial charge is 0.255 e. The third-order valence-corrected chi connectivity index (χ3v) is 8.01. The van der Waals surface area contributed by atoms with E-state index in [9.17, 15) is 23.1 Å². The number of anilines is 1. The average molecular weight is 436 g/mol. The first-order valence-electron chi connectivity index (χ1n) is 10.1. The van der Waals surface area contributed by atoms with Crippen molar-refractivity contribution in [3.63, 3.8) is 0 Å².